The first-order chi connectivity index (χ1) is 12.9. The van der Waals surface area contributed by atoms with E-state index in [-0.39, 0.29) is 30.0 Å². The minimum Gasteiger partial charge on any atom is -0.344 e. The minimum absolute atomic E-state index is 0.0245. The van der Waals surface area contributed by atoms with Crippen molar-refractivity contribution in [3.8, 4) is 0 Å². The first-order valence-electron chi connectivity index (χ1n) is 8.18. The van der Waals surface area contributed by atoms with E-state index in [2.05, 4.69) is 25.4 Å². The summed E-state index contributed by atoms with van der Waals surface area (Å²) in [4.78, 5) is 25.6. The molecule has 0 aliphatic carbocycles. The normalized spacial score (nSPS) is 17.4. The van der Waals surface area contributed by atoms with Gasteiger partial charge in [0.25, 0.3) is 5.91 Å². The number of rotatable bonds is 3. The first-order valence-corrected chi connectivity index (χ1v) is 8.18. The second-order valence-corrected chi connectivity index (χ2v) is 6.05. The summed E-state index contributed by atoms with van der Waals surface area (Å²) in [6, 6.07) is 1.41. The number of fused-ring (bicyclic) bond motifs is 1. The van der Waals surface area contributed by atoms with Crippen LogP contribution < -0.4 is 10.2 Å². The fraction of sp³-hybridized carbons (Fsp3) is 0.312. The molecule has 1 N–H and O–H groups in total. The number of halogens is 3. The lowest BCUT2D eigenvalue weighted by atomic mass is 10.2. The molecule has 1 saturated heterocycles. The molecule has 1 atom stereocenters. The Morgan fingerprint density at radius 1 is 1.30 bits per heavy atom. The van der Waals surface area contributed by atoms with Crippen molar-refractivity contribution < 1.29 is 18.0 Å². The van der Waals surface area contributed by atoms with Crippen LogP contribution in [0, 0.1) is 0 Å². The molecule has 140 valence electrons. The van der Waals surface area contributed by atoms with Crippen molar-refractivity contribution >= 4 is 23.2 Å². The van der Waals surface area contributed by atoms with Gasteiger partial charge in [-0.1, -0.05) is 0 Å². The highest BCUT2D eigenvalue weighted by molar-refractivity contribution is 6.07. The van der Waals surface area contributed by atoms with Crippen molar-refractivity contribution in [2.24, 2.45) is 0 Å². The van der Waals surface area contributed by atoms with Crippen LogP contribution in [0.15, 0.2) is 37.1 Å². The predicted molar refractivity (Wildman–Crippen MR) is 89.4 cm³/mol. The monoisotopic (exact) mass is 377 g/mol. The van der Waals surface area contributed by atoms with Crippen LogP contribution in [-0.2, 0) is 0 Å². The van der Waals surface area contributed by atoms with E-state index in [1.165, 1.54) is 46.5 Å². The number of amides is 1. The molecule has 27 heavy (non-hydrogen) atoms. The van der Waals surface area contributed by atoms with Gasteiger partial charge in [-0.3, -0.25) is 4.79 Å². The molecule has 4 heterocycles. The molecule has 0 spiro atoms. The third-order valence-electron chi connectivity index (χ3n) is 4.35. The molecule has 1 fully saturated rings. The number of nitrogens with zero attached hydrogens (tertiary/aromatic N) is 6. The molecule has 0 radical (unpaired) electrons. The Hall–Kier alpha value is -3.24. The lowest BCUT2D eigenvalue weighted by Gasteiger charge is -2.27. The second-order valence-electron chi connectivity index (χ2n) is 6.05. The van der Waals surface area contributed by atoms with Crippen molar-refractivity contribution in [2.75, 3.05) is 16.8 Å². The van der Waals surface area contributed by atoms with Crippen molar-refractivity contribution in [2.45, 2.75) is 25.1 Å². The average molecular weight is 377 g/mol. The summed E-state index contributed by atoms with van der Waals surface area (Å²) in [6.45, 7) is 0.254. The summed E-state index contributed by atoms with van der Waals surface area (Å²) in [6.07, 6.45) is 1.68. The molecule has 3 aromatic heterocycles. The summed E-state index contributed by atoms with van der Waals surface area (Å²) in [7, 11) is 0. The Bertz CT molecular complexity index is 973. The van der Waals surface area contributed by atoms with E-state index < -0.39 is 18.1 Å². The van der Waals surface area contributed by atoms with Crippen molar-refractivity contribution in [1.82, 2.24) is 24.6 Å². The van der Waals surface area contributed by atoms with Gasteiger partial charge in [0.1, 0.15) is 29.6 Å². The SMILES string of the molecule is O=C(Nc1ccncn1)c1cnn2ccc(N3CCC[C@@H]3C(F)(F)F)nc12. The van der Waals surface area contributed by atoms with E-state index in [4.69, 9.17) is 0 Å². The van der Waals surface area contributed by atoms with Gasteiger partial charge in [0.2, 0.25) is 0 Å². The summed E-state index contributed by atoms with van der Waals surface area (Å²) in [5.41, 5.74) is 0.310. The molecule has 0 aromatic carbocycles. The maximum Gasteiger partial charge on any atom is 0.408 e. The van der Waals surface area contributed by atoms with Gasteiger partial charge in [0, 0.05) is 18.9 Å². The maximum atomic E-state index is 13.2. The number of carbonyl (C=O) groups excluding carboxylic acids is 1. The van der Waals surface area contributed by atoms with Crippen LogP contribution in [0.1, 0.15) is 23.2 Å². The van der Waals surface area contributed by atoms with Crippen LogP contribution in [0.3, 0.4) is 0 Å². The molecular formula is C16H14F3N7O. The van der Waals surface area contributed by atoms with Crippen molar-refractivity contribution in [3.05, 3.63) is 42.6 Å². The smallest absolute Gasteiger partial charge is 0.344 e. The molecule has 0 bridgehead atoms. The Morgan fingerprint density at radius 2 is 2.15 bits per heavy atom. The van der Waals surface area contributed by atoms with Crippen LogP contribution in [-0.4, -0.2) is 49.2 Å². The predicted octanol–water partition coefficient (Wildman–Crippen LogP) is 2.30. The molecule has 0 unspecified atom stereocenters. The van der Waals surface area contributed by atoms with Gasteiger partial charge in [-0.05, 0) is 25.0 Å². The average Bonchev–Trinajstić information content (AvgIpc) is 3.29. The van der Waals surface area contributed by atoms with Gasteiger partial charge in [-0.2, -0.15) is 18.3 Å². The van der Waals surface area contributed by atoms with E-state index in [0.29, 0.717) is 12.2 Å². The van der Waals surface area contributed by atoms with Crippen LogP contribution in [0.2, 0.25) is 0 Å². The molecule has 8 nitrogen and oxygen atoms in total. The van der Waals surface area contributed by atoms with Crippen LogP contribution in [0.25, 0.3) is 5.65 Å². The van der Waals surface area contributed by atoms with E-state index >= 15 is 0 Å². The van der Waals surface area contributed by atoms with Crippen molar-refractivity contribution in [3.63, 3.8) is 0 Å². The lowest BCUT2D eigenvalue weighted by Crippen LogP contribution is -2.41. The first kappa shape index (κ1) is 17.2. The summed E-state index contributed by atoms with van der Waals surface area (Å²) < 4.78 is 41.1. The summed E-state index contributed by atoms with van der Waals surface area (Å²) in [5.74, 6) is -0.0526. The molecule has 1 amide bonds. The van der Waals surface area contributed by atoms with Gasteiger partial charge in [-0.15, -0.1) is 0 Å². The lowest BCUT2D eigenvalue weighted by molar-refractivity contribution is -0.146. The zero-order chi connectivity index (χ0) is 19.0. The topological polar surface area (TPSA) is 88.3 Å². The zero-order valence-corrected chi connectivity index (χ0v) is 13.9. The molecule has 11 heteroatoms. The summed E-state index contributed by atoms with van der Waals surface area (Å²) in [5, 5.41) is 6.62. The quantitative estimate of drug-likeness (QED) is 0.754. The van der Waals surface area contributed by atoms with Gasteiger partial charge in [0.15, 0.2) is 5.65 Å². The Balaban J connectivity index is 1.66. The number of aromatic nitrogens is 5. The Morgan fingerprint density at radius 3 is 2.89 bits per heavy atom. The largest absolute Gasteiger partial charge is 0.408 e. The number of hydrogen-bond acceptors (Lipinski definition) is 6. The number of hydrogen-bond donors (Lipinski definition) is 1. The number of nitrogens with one attached hydrogen (secondary N) is 1. The molecule has 3 aromatic rings. The third-order valence-corrected chi connectivity index (χ3v) is 4.35. The fourth-order valence-electron chi connectivity index (χ4n) is 3.11. The summed E-state index contributed by atoms with van der Waals surface area (Å²) >= 11 is 0. The van der Waals surface area contributed by atoms with Gasteiger partial charge < -0.3 is 10.2 Å². The molecule has 0 saturated carbocycles. The third kappa shape index (κ3) is 3.27. The standard InChI is InChI=1S/C16H14F3N7O/c17-16(18,19)11-2-1-6-25(11)13-4-7-26-14(24-13)10(8-22-26)15(27)23-12-3-5-20-9-21-12/h3-5,7-9,11H,1-2,6H2,(H,20,21,23,27)/t11-/m1/s1. The molecule has 1 aliphatic heterocycles. The molecule has 4 rings (SSSR count). The van der Waals surface area contributed by atoms with E-state index in [0.717, 1.165) is 0 Å². The Kier molecular flexibility index (Phi) is 4.13. The van der Waals surface area contributed by atoms with E-state index in [1.807, 2.05) is 0 Å². The zero-order valence-electron chi connectivity index (χ0n) is 13.9. The van der Waals surface area contributed by atoms with Gasteiger partial charge >= 0.3 is 6.18 Å². The highest BCUT2D eigenvalue weighted by Gasteiger charge is 2.46. The highest BCUT2D eigenvalue weighted by atomic mass is 19.4. The van der Waals surface area contributed by atoms with Crippen LogP contribution in [0.5, 0.6) is 0 Å². The number of anilines is 2. The molecule has 1 aliphatic rings. The van der Waals surface area contributed by atoms with E-state index in [9.17, 15) is 18.0 Å². The molecular weight excluding hydrogens is 363 g/mol. The van der Waals surface area contributed by atoms with Crippen LogP contribution >= 0.6 is 0 Å². The van der Waals surface area contributed by atoms with E-state index in [1.54, 1.807) is 0 Å². The van der Waals surface area contributed by atoms with Gasteiger partial charge in [0.05, 0.1) is 6.20 Å². The highest BCUT2D eigenvalue weighted by Crippen LogP contribution is 2.35. The number of carbonyl (C=O) groups is 1. The fourth-order valence-corrected chi connectivity index (χ4v) is 3.11. The van der Waals surface area contributed by atoms with Crippen molar-refractivity contribution in [1.29, 1.82) is 0 Å². The maximum absolute atomic E-state index is 13.2. The van der Waals surface area contributed by atoms with Crippen LogP contribution in [0.4, 0.5) is 24.8 Å². The second kappa shape index (κ2) is 6.49. The number of alkyl halides is 3. The minimum atomic E-state index is -4.34. The Labute approximate surface area is 151 Å². The van der Waals surface area contributed by atoms with Gasteiger partial charge in [-0.25, -0.2) is 19.5 Å².